The van der Waals surface area contributed by atoms with Crippen LogP contribution < -0.4 is 15.5 Å². The molecule has 3 rings (SSSR count). The third-order valence-electron chi connectivity index (χ3n) is 4.04. The van der Waals surface area contributed by atoms with Crippen LogP contribution in [0, 0.1) is 6.92 Å². The van der Waals surface area contributed by atoms with E-state index in [1.165, 1.54) is 6.21 Å². The highest BCUT2D eigenvalue weighted by molar-refractivity contribution is 9.10. The van der Waals surface area contributed by atoms with Crippen LogP contribution in [0.2, 0.25) is 0 Å². The zero-order chi connectivity index (χ0) is 21.3. The first kappa shape index (κ1) is 21.3. The summed E-state index contributed by atoms with van der Waals surface area (Å²) < 4.78 is 6.23. The minimum absolute atomic E-state index is 0.117. The van der Waals surface area contributed by atoms with Crippen molar-refractivity contribution in [3.8, 4) is 5.75 Å². The number of hydrogen-bond donors (Lipinski definition) is 2. The molecule has 6 nitrogen and oxygen atoms in total. The number of halogens is 1. The van der Waals surface area contributed by atoms with Gasteiger partial charge in [-0.2, -0.15) is 5.10 Å². The molecule has 3 aromatic carbocycles. The zero-order valence-corrected chi connectivity index (χ0v) is 17.8. The number of hydrazone groups is 1. The highest BCUT2D eigenvalue weighted by atomic mass is 79.9. The van der Waals surface area contributed by atoms with Gasteiger partial charge in [-0.05, 0) is 78.7 Å². The van der Waals surface area contributed by atoms with Crippen molar-refractivity contribution in [3.63, 3.8) is 0 Å². The van der Waals surface area contributed by atoms with Crippen molar-refractivity contribution in [2.45, 2.75) is 6.92 Å². The van der Waals surface area contributed by atoms with Gasteiger partial charge in [-0.3, -0.25) is 4.79 Å². The van der Waals surface area contributed by atoms with Crippen molar-refractivity contribution < 1.29 is 14.3 Å². The molecule has 3 aromatic rings. The molecule has 0 saturated carbocycles. The van der Waals surface area contributed by atoms with Gasteiger partial charge in [0.25, 0.3) is 5.91 Å². The van der Waals surface area contributed by atoms with Gasteiger partial charge in [-0.25, -0.2) is 10.2 Å². The van der Waals surface area contributed by atoms with Gasteiger partial charge in [0.2, 0.25) is 0 Å². The van der Waals surface area contributed by atoms with Gasteiger partial charge < -0.3 is 10.1 Å². The maximum absolute atomic E-state index is 12.1. The van der Waals surface area contributed by atoms with E-state index < -0.39 is 5.97 Å². The van der Waals surface area contributed by atoms with Crippen LogP contribution in [-0.2, 0) is 4.79 Å². The van der Waals surface area contributed by atoms with E-state index in [0.29, 0.717) is 11.3 Å². The Labute approximate surface area is 183 Å². The first-order valence-corrected chi connectivity index (χ1v) is 9.99. The van der Waals surface area contributed by atoms with Crippen molar-refractivity contribution in [2.75, 3.05) is 11.9 Å². The summed E-state index contributed by atoms with van der Waals surface area (Å²) in [6, 6.07) is 21.5. The number of hydrogen-bond acceptors (Lipinski definition) is 5. The molecule has 152 valence electrons. The van der Waals surface area contributed by atoms with Crippen LogP contribution in [0.3, 0.4) is 0 Å². The summed E-state index contributed by atoms with van der Waals surface area (Å²) in [4.78, 5) is 24.0. The lowest BCUT2D eigenvalue weighted by Gasteiger charge is -2.06. The molecule has 0 aliphatic rings. The number of nitrogens with one attached hydrogen (secondary N) is 2. The average molecular weight is 466 g/mol. The van der Waals surface area contributed by atoms with E-state index in [1.54, 1.807) is 48.5 Å². The van der Waals surface area contributed by atoms with Crippen LogP contribution in [0.4, 0.5) is 5.69 Å². The number of esters is 1. The van der Waals surface area contributed by atoms with Gasteiger partial charge in [-0.1, -0.05) is 28.1 Å². The predicted molar refractivity (Wildman–Crippen MR) is 121 cm³/mol. The molecule has 7 heteroatoms. The fourth-order valence-electron chi connectivity index (χ4n) is 2.53. The minimum atomic E-state index is -0.433. The van der Waals surface area contributed by atoms with E-state index in [4.69, 9.17) is 4.74 Å². The summed E-state index contributed by atoms with van der Waals surface area (Å²) in [7, 11) is 0. The summed E-state index contributed by atoms with van der Waals surface area (Å²) in [5.74, 6) is -0.267. The Balaban J connectivity index is 1.46. The Bertz CT molecular complexity index is 1050. The number of ether oxygens (including phenoxy) is 1. The molecule has 0 aliphatic heterocycles. The Hall–Kier alpha value is -3.45. The third kappa shape index (κ3) is 6.56. The summed E-state index contributed by atoms with van der Waals surface area (Å²) in [5, 5.41) is 6.98. The van der Waals surface area contributed by atoms with Gasteiger partial charge >= 0.3 is 5.97 Å². The fourth-order valence-corrected chi connectivity index (χ4v) is 2.79. The Kier molecular flexibility index (Phi) is 7.34. The molecule has 0 unspecified atom stereocenters. The first-order valence-electron chi connectivity index (χ1n) is 9.20. The fraction of sp³-hybridized carbons (Fsp3) is 0.0870. The lowest BCUT2D eigenvalue weighted by molar-refractivity contribution is -0.119. The number of anilines is 1. The number of benzene rings is 3. The monoisotopic (exact) mass is 465 g/mol. The molecule has 30 heavy (non-hydrogen) atoms. The molecule has 0 spiro atoms. The van der Waals surface area contributed by atoms with Crippen molar-refractivity contribution in [2.24, 2.45) is 5.10 Å². The number of nitrogens with zero attached hydrogens (tertiary/aromatic N) is 1. The molecule has 0 heterocycles. The molecule has 0 aromatic heterocycles. The van der Waals surface area contributed by atoms with Crippen molar-refractivity contribution in [3.05, 3.63) is 94.0 Å². The lowest BCUT2D eigenvalue weighted by Crippen LogP contribution is -2.25. The second kappa shape index (κ2) is 10.4. The van der Waals surface area contributed by atoms with Crippen molar-refractivity contribution in [1.29, 1.82) is 0 Å². The highest BCUT2D eigenvalue weighted by Crippen LogP contribution is 2.15. The zero-order valence-electron chi connectivity index (χ0n) is 16.3. The number of amides is 1. The molecule has 0 saturated heterocycles. The van der Waals surface area contributed by atoms with E-state index >= 15 is 0 Å². The second-order valence-electron chi connectivity index (χ2n) is 6.48. The molecule has 0 aliphatic carbocycles. The van der Waals surface area contributed by atoms with E-state index in [-0.39, 0.29) is 12.5 Å². The number of carbonyl (C=O) groups excluding carboxylic acids is 2. The van der Waals surface area contributed by atoms with Crippen LogP contribution in [0.25, 0.3) is 0 Å². The van der Waals surface area contributed by atoms with Crippen LogP contribution in [0.15, 0.2) is 82.4 Å². The topological polar surface area (TPSA) is 79.8 Å². The van der Waals surface area contributed by atoms with Crippen molar-refractivity contribution >= 4 is 39.7 Å². The van der Waals surface area contributed by atoms with Gasteiger partial charge in [0.15, 0.2) is 0 Å². The van der Waals surface area contributed by atoms with Crippen LogP contribution in [0.1, 0.15) is 21.5 Å². The molecular formula is C23H20BrN3O3. The van der Waals surface area contributed by atoms with Crippen LogP contribution in [-0.4, -0.2) is 24.6 Å². The predicted octanol–water partition coefficient (Wildman–Crippen LogP) is 4.54. The quantitative estimate of drug-likeness (QED) is 0.232. The SMILES string of the molecule is Cc1cccc(NCC(=O)N/N=C\c2ccc(OC(=O)c3ccc(Br)cc3)cc2)c1. The molecule has 1 amide bonds. The van der Waals surface area contributed by atoms with Crippen LogP contribution in [0.5, 0.6) is 5.75 Å². The third-order valence-corrected chi connectivity index (χ3v) is 4.57. The second-order valence-corrected chi connectivity index (χ2v) is 7.40. The molecule has 0 bridgehead atoms. The Morgan fingerprint density at radius 2 is 1.77 bits per heavy atom. The lowest BCUT2D eigenvalue weighted by atomic mass is 10.2. The smallest absolute Gasteiger partial charge is 0.343 e. The summed E-state index contributed by atoms with van der Waals surface area (Å²) >= 11 is 3.33. The van der Waals surface area contributed by atoms with Gasteiger partial charge in [-0.15, -0.1) is 0 Å². The molecule has 2 N–H and O–H groups in total. The van der Waals surface area contributed by atoms with Gasteiger partial charge in [0.05, 0.1) is 18.3 Å². The number of carbonyl (C=O) groups is 2. The Morgan fingerprint density at radius 1 is 1.03 bits per heavy atom. The summed E-state index contributed by atoms with van der Waals surface area (Å²) in [6.07, 6.45) is 1.52. The van der Waals surface area contributed by atoms with Gasteiger partial charge in [0.1, 0.15) is 5.75 Å². The highest BCUT2D eigenvalue weighted by Gasteiger charge is 2.08. The maximum Gasteiger partial charge on any atom is 0.343 e. The van der Waals surface area contributed by atoms with Crippen LogP contribution >= 0.6 is 15.9 Å². The average Bonchev–Trinajstić information content (AvgIpc) is 2.74. The number of aryl methyl sites for hydroxylation is 1. The molecule has 0 atom stereocenters. The largest absolute Gasteiger partial charge is 0.423 e. The van der Waals surface area contributed by atoms with E-state index in [2.05, 4.69) is 31.8 Å². The maximum atomic E-state index is 12.1. The Morgan fingerprint density at radius 3 is 2.47 bits per heavy atom. The van der Waals surface area contributed by atoms with E-state index in [9.17, 15) is 9.59 Å². The van der Waals surface area contributed by atoms with E-state index in [1.807, 2.05) is 31.2 Å². The van der Waals surface area contributed by atoms with Crippen molar-refractivity contribution in [1.82, 2.24) is 5.43 Å². The summed E-state index contributed by atoms with van der Waals surface area (Å²) in [6.45, 7) is 2.11. The molecular weight excluding hydrogens is 446 g/mol. The molecule has 0 fully saturated rings. The minimum Gasteiger partial charge on any atom is -0.423 e. The first-order chi connectivity index (χ1) is 14.5. The standard InChI is InChI=1S/C23H20BrN3O3/c1-16-3-2-4-20(13-16)25-15-22(28)27-26-14-17-5-11-21(12-6-17)30-23(29)18-7-9-19(24)10-8-18/h2-14,25H,15H2,1H3,(H,27,28)/b26-14-. The summed E-state index contributed by atoms with van der Waals surface area (Å²) in [5.41, 5.74) is 5.68. The van der Waals surface area contributed by atoms with Gasteiger partial charge in [0, 0.05) is 10.2 Å². The van der Waals surface area contributed by atoms with E-state index in [0.717, 1.165) is 21.3 Å². The number of rotatable bonds is 7. The normalized spacial score (nSPS) is 10.6. The molecule has 0 radical (unpaired) electrons.